The average molecular weight is 161 g/mol. The fourth-order valence-electron chi connectivity index (χ4n) is 1.64. The first-order valence-corrected chi connectivity index (χ1v) is 4.13. The molecule has 1 aliphatic heterocycles. The monoisotopic (exact) mass is 161 g/mol. The van der Waals surface area contributed by atoms with E-state index in [0.29, 0.717) is 0 Å². The summed E-state index contributed by atoms with van der Waals surface area (Å²) in [5.74, 6) is 0. The van der Waals surface area contributed by atoms with E-state index >= 15 is 0 Å². The predicted molar refractivity (Wildman–Crippen MR) is 50.2 cm³/mol. The van der Waals surface area contributed by atoms with Gasteiger partial charge in [-0.25, -0.2) is 4.58 Å². The van der Waals surface area contributed by atoms with Crippen LogP contribution >= 0.6 is 0 Å². The standard InChI is InChI=1S/C10H13N2/c1-11-8-12(2)10-7-5-3-4-6-9(10)11/h3-7H,8H2,1-2H3/q+1. The molecule has 0 saturated carbocycles. The van der Waals surface area contributed by atoms with Crippen molar-refractivity contribution >= 4 is 5.71 Å². The maximum atomic E-state index is 2.25. The highest BCUT2D eigenvalue weighted by Gasteiger charge is 2.26. The molecule has 62 valence electrons. The van der Waals surface area contributed by atoms with E-state index in [0.717, 1.165) is 6.67 Å². The topological polar surface area (TPSA) is 6.25 Å². The van der Waals surface area contributed by atoms with Crippen LogP contribution in [0.1, 0.15) is 0 Å². The lowest BCUT2D eigenvalue weighted by atomic mass is 10.2. The molecule has 0 aromatic heterocycles. The molecule has 0 saturated heterocycles. The lowest BCUT2D eigenvalue weighted by molar-refractivity contribution is -0.503. The van der Waals surface area contributed by atoms with Gasteiger partial charge in [0.05, 0.1) is 0 Å². The van der Waals surface area contributed by atoms with Gasteiger partial charge in [0, 0.05) is 13.1 Å². The van der Waals surface area contributed by atoms with Crippen LogP contribution in [0.2, 0.25) is 0 Å². The Labute approximate surface area is 72.8 Å². The van der Waals surface area contributed by atoms with Gasteiger partial charge in [0.2, 0.25) is 12.4 Å². The smallest absolute Gasteiger partial charge is 0.224 e. The van der Waals surface area contributed by atoms with Crippen LogP contribution in [0, 0.1) is 0 Å². The highest BCUT2D eigenvalue weighted by Crippen LogP contribution is 2.14. The van der Waals surface area contributed by atoms with Crippen LogP contribution in [0.25, 0.3) is 0 Å². The number of allylic oxidation sites excluding steroid dienone is 5. The minimum atomic E-state index is 0.985. The van der Waals surface area contributed by atoms with E-state index < -0.39 is 0 Å². The van der Waals surface area contributed by atoms with Gasteiger partial charge in [-0.15, -0.1) is 0 Å². The van der Waals surface area contributed by atoms with Crippen molar-refractivity contribution in [2.24, 2.45) is 0 Å². The first-order chi connectivity index (χ1) is 5.79. The molecule has 2 heteroatoms. The Morgan fingerprint density at radius 3 is 3.00 bits per heavy atom. The first-order valence-electron chi connectivity index (χ1n) is 4.13. The van der Waals surface area contributed by atoms with Crippen LogP contribution in [-0.4, -0.2) is 36.0 Å². The Morgan fingerprint density at radius 2 is 2.17 bits per heavy atom. The summed E-state index contributed by atoms with van der Waals surface area (Å²) in [4.78, 5) is 2.25. The molecule has 0 atom stereocenters. The van der Waals surface area contributed by atoms with E-state index in [1.54, 1.807) is 0 Å². The second-order valence-electron chi connectivity index (χ2n) is 3.22. The van der Waals surface area contributed by atoms with Gasteiger partial charge in [0.25, 0.3) is 0 Å². The molecule has 2 rings (SSSR count). The number of hydrogen-bond donors (Lipinski definition) is 0. The summed E-state index contributed by atoms with van der Waals surface area (Å²) in [7, 11) is 4.23. The van der Waals surface area contributed by atoms with Crippen molar-refractivity contribution in [2.75, 3.05) is 20.8 Å². The lowest BCUT2D eigenvalue weighted by Crippen LogP contribution is -2.16. The summed E-state index contributed by atoms with van der Waals surface area (Å²) in [6.45, 7) is 0.985. The summed E-state index contributed by atoms with van der Waals surface area (Å²) < 4.78 is 2.25. The molecular formula is C10H13N2+. The van der Waals surface area contributed by atoms with Crippen molar-refractivity contribution in [3.8, 4) is 0 Å². The fourth-order valence-corrected chi connectivity index (χ4v) is 1.64. The maximum Gasteiger partial charge on any atom is 0.224 e. The molecule has 0 bridgehead atoms. The largest absolute Gasteiger partial charge is 0.314 e. The maximum absolute atomic E-state index is 2.25. The third-order valence-corrected chi connectivity index (χ3v) is 2.24. The van der Waals surface area contributed by atoms with Crippen LogP contribution < -0.4 is 0 Å². The second-order valence-corrected chi connectivity index (χ2v) is 3.22. The minimum absolute atomic E-state index is 0.985. The number of hydrogen-bond acceptors (Lipinski definition) is 1. The minimum Gasteiger partial charge on any atom is -0.314 e. The third-order valence-electron chi connectivity index (χ3n) is 2.24. The Bertz CT molecular complexity index is 319. The Hall–Kier alpha value is -1.31. The quantitative estimate of drug-likeness (QED) is 0.480. The first kappa shape index (κ1) is 7.35. The highest BCUT2D eigenvalue weighted by molar-refractivity contribution is 6.05. The zero-order valence-corrected chi connectivity index (χ0v) is 7.49. The van der Waals surface area contributed by atoms with Crippen molar-refractivity contribution in [1.29, 1.82) is 0 Å². The van der Waals surface area contributed by atoms with Gasteiger partial charge in [-0.05, 0) is 6.08 Å². The summed E-state index contributed by atoms with van der Waals surface area (Å²) in [5.41, 5.74) is 2.62. The second kappa shape index (κ2) is 2.63. The Kier molecular flexibility index (Phi) is 1.61. The van der Waals surface area contributed by atoms with Crippen molar-refractivity contribution in [3.05, 3.63) is 36.1 Å². The van der Waals surface area contributed by atoms with Crippen molar-refractivity contribution < 1.29 is 4.58 Å². The van der Waals surface area contributed by atoms with E-state index in [2.05, 4.69) is 54.0 Å². The zero-order valence-electron chi connectivity index (χ0n) is 7.49. The molecule has 0 fully saturated rings. The van der Waals surface area contributed by atoms with Gasteiger partial charge in [-0.2, -0.15) is 0 Å². The van der Waals surface area contributed by atoms with Gasteiger partial charge in [-0.3, -0.25) is 0 Å². The summed E-state index contributed by atoms with van der Waals surface area (Å²) in [6, 6.07) is 0. The van der Waals surface area contributed by atoms with Crippen LogP contribution in [-0.2, 0) is 0 Å². The molecule has 2 nitrogen and oxygen atoms in total. The Morgan fingerprint density at radius 1 is 1.33 bits per heavy atom. The van der Waals surface area contributed by atoms with Gasteiger partial charge >= 0.3 is 0 Å². The predicted octanol–water partition coefficient (Wildman–Crippen LogP) is 0.982. The SMILES string of the molecule is CN1C[N+](C)=C2C=CC=CC=C21. The van der Waals surface area contributed by atoms with Crippen LogP contribution in [0.4, 0.5) is 0 Å². The lowest BCUT2D eigenvalue weighted by Gasteiger charge is -2.06. The van der Waals surface area contributed by atoms with Gasteiger partial charge < -0.3 is 4.90 Å². The van der Waals surface area contributed by atoms with E-state index in [1.165, 1.54) is 11.4 Å². The van der Waals surface area contributed by atoms with Crippen LogP contribution in [0.5, 0.6) is 0 Å². The molecule has 0 spiro atoms. The van der Waals surface area contributed by atoms with E-state index in [9.17, 15) is 0 Å². The zero-order chi connectivity index (χ0) is 8.55. The summed E-state index contributed by atoms with van der Waals surface area (Å²) in [6.07, 6.45) is 10.5. The number of nitrogens with zero attached hydrogens (tertiary/aromatic N) is 2. The van der Waals surface area contributed by atoms with E-state index in [1.807, 2.05) is 0 Å². The molecule has 1 heterocycles. The normalized spacial score (nSPS) is 21.2. The molecule has 12 heavy (non-hydrogen) atoms. The molecule has 0 N–H and O–H groups in total. The van der Waals surface area contributed by atoms with Crippen LogP contribution in [0.15, 0.2) is 36.1 Å². The van der Waals surface area contributed by atoms with E-state index in [4.69, 9.17) is 0 Å². The highest BCUT2D eigenvalue weighted by atomic mass is 15.3. The average Bonchev–Trinajstić information content (AvgIpc) is 2.29. The molecule has 0 amide bonds. The molecule has 0 unspecified atom stereocenters. The fraction of sp³-hybridized carbons (Fsp3) is 0.300. The van der Waals surface area contributed by atoms with Gasteiger partial charge in [0.15, 0.2) is 0 Å². The summed E-state index contributed by atoms with van der Waals surface area (Å²) >= 11 is 0. The molecule has 2 aliphatic rings. The molecular weight excluding hydrogens is 148 g/mol. The third kappa shape index (κ3) is 0.998. The van der Waals surface area contributed by atoms with Gasteiger partial charge in [-0.1, -0.05) is 18.2 Å². The summed E-state index contributed by atoms with van der Waals surface area (Å²) in [5, 5.41) is 0. The van der Waals surface area contributed by atoms with Crippen molar-refractivity contribution in [3.63, 3.8) is 0 Å². The van der Waals surface area contributed by atoms with Gasteiger partial charge in [0.1, 0.15) is 12.7 Å². The molecule has 1 aliphatic carbocycles. The Balaban J connectivity index is 2.49. The van der Waals surface area contributed by atoms with Crippen molar-refractivity contribution in [1.82, 2.24) is 4.90 Å². The number of rotatable bonds is 0. The molecule has 0 aromatic rings. The van der Waals surface area contributed by atoms with Crippen LogP contribution in [0.3, 0.4) is 0 Å². The van der Waals surface area contributed by atoms with E-state index in [-0.39, 0.29) is 0 Å². The van der Waals surface area contributed by atoms with Crippen molar-refractivity contribution in [2.45, 2.75) is 0 Å². The molecule has 0 radical (unpaired) electrons. The molecule has 0 aromatic carbocycles. The number of fused-ring (bicyclic) bond motifs is 1.